The van der Waals surface area contributed by atoms with Gasteiger partial charge < -0.3 is 5.32 Å². The van der Waals surface area contributed by atoms with Crippen LogP contribution in [-0.2, 0) is 16.4 Å². The van der Waals surface area contributed by atoms with Gasteiger partial charge in [0.15, 0.2) is 0 Å². The van der Waals surface area contributed by atoms with E-state index in [0.29, 0.717) is 22.8 Å². The van der Waals surface area contributed by atoms with E-state index in [1.807, 2.05) is 31.2 Å². The lowest BCUT2D eigenvalue weighted by Crippen LogP contribution is -2.24. The standard InChI is InChI=1S/C23H23ClN2O3S/c1-17-4-14-22(15-5-17)30(28,29)26-21-12-8-19(9-13-21)23(27)25-16-2-3-18-6-10-20(24)11-7-18/h4-15,26H,2-3,16H2,1H3,(H,25,27). The molecule has 7 heteroatoms. The predicted octanol–water partition coefficient (Wildman–Crippen LogP) is 4.81. The molecule has 0 aromatic heterocycles. The monoisotopic (exact) mass is 442 g/mol. The first-order valence-corrected chi connectivity index (χ1v) is 11.4. The highest BCUT2D eigenvalue weighted by molar-refractivity contribution is 7.92. The van der Waals surface area contributed by atoms with Crippen molar-refractivity contribution in [2.45, 2.75) is 24.7 Å². The van der Waals surface area contributed by atoms with Crippen LogP contribution in [0.25, 0.3) is 0 Å². The highest BCUT2D eigenvalue weighted by Crippen LogP contribution is 2.17. The molecule has 0 radical (unpaired) electrons. The Morgan fingerprint density at radius 1 is 0.900 bits per heavy atom. The number of amides is 1. The maximum absolute atomic E-state index is 12.4. The number of hydrogen-bond donors (Lipinski definition) is 2. The van der Waals surface area contributed by atoms with E-state index in [2.05, 4.69) is 10.0 Å². The van der Waals surface area contributed by atoms with Crippen LogP contribution in [0.4, 0.5) is 5.69 Å². The number of carbonyl (C=O) groups excluding carboxylic acids is 1. The van der Waals surface area contributed by atoms with E-state index in [1.54, 1.807) is 48.5 Å². The van der Waals surface area contributed by atoms with Crippen LogP contribution in [0.3, 0.4) is 0 Å². The first-order valence-electron chi connectivity index (χ1n) is 9.56. The average Bonchev–Trinajstić information content (AvgIpc) is 2.73. The smallest absolute Gasteiger partial charge is 0.261 e. The summed E-state index contributed by atoms with van der Waals surface area (Å²) in [4.78, 5) is 12.5. The lowest BCUT2D eigenvalue weighted by molar-refractivity contribution is 0.0953. The topological polar surface area (TPSA) is 75.3 Å². The molecule has 30 heavy (non-hydrogen) atoms. The van der Waals surface area contributed by atoms with Gasteiger partial charge in [-0.2, -0.15) is 0 Å². The number of hydrogen-bond acceptors (Lipinski definition) is 3. The molecule has 0 spiro atoms. The number of rotatable bonds is 8. The quantitative estimate of drug-likeness (QED) is 0.491. The number of aryl methyl sites for hydroxylation is 2. The van der Waals surface area contributed by atoms with E-state index < -0.39 is 10.0 Å². The normalized spacial score (nSPS) is 11.1. The first kappa shape index (κ1) is 21.9. The minimum atomic E-state index is -3.67. The van der Waals surface area contributed by atoms with Crippen molar-refractivity contribution in [1.82, 2.24) is 5.32 Å². The van der Waals surface area contributed by atoms with Gasteiger partial charge in [-0.25, -0.2) is 8.42 Å². The van der Waals surface area contributed by atoms with Gasteiger partial charge in [0.05, 0.1) is 4.90 Å². The molecule has 0 fully saturated rings. The van der Waals surface area contributed by atoms with Crippen LogP contribution in [0.2, 0.25) is 5.02 Å². The van der Waals surface area contributed by atoms with Crippen molar-refractivity contribution in [3.63, 3.8) is 0 Å². The fraction of sp³-hybridized carbons (Fsp3) is 0.174. The van der Waals surface area contributed by atoms with Crippen molar-refractivity contribution in [3.8, 4) is 0 Å². The third-order valence-electron chi connectivity index (χ3n) is 4.57. The second-order valence-electron chi connectivity index (χ2n) is 6.98. The van der Waals surface area contributed by atoms with Gasteiger partial charge in [0.25, 0.3) is 15.9 Å². The molecule has 0 saturated carbocycles. The second-order valence-corrected chi connectivity index (χ2v) is 9.10. The lowest BCUT2D eigenvalue weighted by Gasteiger charge is -2.10. The Kier molecular flexibility index (Phi) is 7.13. The van der Waals surface area contributed by atoms with E-state index >= 15 is 0 Å². The average molecular weight is 443 g/mol. The van der Waals surface area contributed by atoms with Crippen molar-refractivity contribution in [3.05, 3.63) is 94.5 Å². The Balaban J connectivity index is 1.51. The third kappa shape index (κ3) is 6.08. The number of anilines is 1. The summed E-state index contributed by atoms with van der Waals surface area (Å²) in [6.45, 7) is 2.44. The van der Waals surface area contributed by atoms with Gasteiger partial charge >= 0.3 is 0 Å². The maximum atomic E-state index is 12.4. The molecule has 0 heterocycles. The molecule has 0 aliphatic carbocycles. The SMILES string of the molecule is Cc1ccc(S(=O)(=O)Nc2ccc(C(=O)NCCCc3ccc(Cl)cc3)cc2)cc1. The molecule has 0 saturated heterocycles. The largest absolute Gasteiger partial charge is 0.352 e. The maximum Gasteiger partial charge on any atom is 0.261 e. The fourth-order valence-electron chi connectivity index (χ4n) is 2.87. The number of carbonyl (C=O) groups is 1. The van der Waals surface area contributed by atoms with Crippen molar-refractivity contribution < 1.29 is 13.2 Å². The van der Waals surface area contributed by atoms with E-state index in [4.69, 9.17) is 11.6 Å². The number of halogens is 1. The second kappa shape index (κ2) is 9.78. The first-order chi connectivity index (χ1) is 14.3. The van der Waals surface area contributed by atoms with Crippen LogP contribution in [0.5, 0.6) is 0 Å². The molecule has 5 nitrogen and oxygen atoms in total. The minimum Gasteiger partial charge on any atom is -0.352 e. The molecule has 0 aliphatic heterocycles. The zero-order valence-electron chi connectivity index (χ0n) is 16.6. The summed E-state index contributed by atoms with van der Waals surface area (Å²) < 4.78 is 27.4. The number of nitrogens with one attached hydrogen (secondary N) is 2. The van der Waals surface area contributed by atoms with Crippen LogP contribution >= 0.6 is 11.6 Å². The van der Waals surface area contributed by atoms with Gasteiger partial charge in [-0.3, -0.25) is 9.52 Å². The zero-order chi connectivity index (χ0) is 21.6. The molecule has 2 N–H and O–H groups in total. The van der Waals surface area contributed by atoms with Gasteiger partial charge in [-0.05, 0) is 73.9 Å². The van der Waals surface area contributed by atoms with Crippen LogP contribution < -0.4 is 10.0 Å². The summed E-state index contributed by atoms with van der Waals surface area (Å²) in [7, 11) is -3.67. The van der Waals surface area contributed by atoms with Crippen molar-refractivity contribution in [1.29, 1.82) is 0 Å². The van der Waals surface area contributed by atoms with Crippen LogP contribution in [0, 0.1) is 6.92 Å². The number of sulfonamides is 1. The van der Waals surface area contributed by atoms with Crippen molar-refractivity contribution in [2.24, 2.45) is 0 Å². The minimum absolute atomic E-state index is 0.190. The molecule has 156 valence electrons. The van der Waals surface area contributed by atoms with Gasteiger partial charge in [0, 0.05) is 22.8 Å². The Morgan fingerprint density at radius 2 is 1.53 bits per heavy atom. The summed E-state index contributed by atoms with van der Waals surface area (Å²) >= 11 is 5.87. The zero-order valence-corrected chi connectivity index (χ0v) is 18.1. The molecule has 3 aromatic rings. The summed E-state index contributed by atoms with van der Waals surface area (Å²) in [6, 6.07) is 20.6. The van der Waals surface area contributed by atoms with Gasteiger partial charge in [0.2, 0.25) is 0 Å². The molecular weight excluding hydrogens is 420 g/mol. The van der Waals surface area contributed by atoms with Gasteiger partial charge in [0.1, 0.15) is 0 Å². The highest BCUT2D eigenvalue weighted by atomic mass is 35.5. The van der Waals surface area contributed by atoms with Gasteiger partial charge in [-0.1, -0.05) is 41.4 Å². The van der Waals surface area contributed by atoms with Crippen molar-refractivity contribution in [2.75, 3.05) is 11.3 Å². The van der Waals surface area contributed by atoms with Crippen molar-refractivity contribution >= 4 is 33.2 Å². The van der Waals surface area contributed by atoms with E-state index in [9.17, 15) is 13.2 Å². The molecule has 0 atom stereocenters. The summed E-state index contributed by atoms with van der Waals surface area (Å²) in [5.74, 6) is -0.195. The Labute approximate surface area is 182 Å². The fourth-order valence-corrected chi connectivity index (χ4v) is 4.05. The molecule has 3 aromatic carbocycles. The molecule has 3 rings (SSSR count). The number of benzene rings is 3. The predicted molar refractivity (Wildman–Crippen MR) is 121 cm³/mol. The molecule has 1 amide bonds. The van der Waals surface area contributed by atoms with E-state index in [-0.39, 0.29) is 10.8 Å². The Bertz CT molecular complexity index is 1090. The Hall–Kier alpha value is -2.83. The molecule has 0 bridgehead atoms. The molecule has 0 aliphatic rings. The summed E-state index contributed by atoms with van der Waals surface area (Å²) in [6.07, 6.45) is 1.65. The van der Waals surface area contributed by atoms with E-state index in [0.717, 1.165) is 18.4 Å². The summed E-state index contributed by atoms with van der Waals surface area (Å²) in [5, 5.41) is 3.58. The lowest BCUT2D eigenvalue weighted by atomic mass is 10.1. The van der Waals surface area contributed by atoms with Gasteiger partial charge in [-0.15, -0.1) is 0 Å². The van der Waals surface area contributed by atoms with E-state index in [1.165, 1.54) is 5.56 Å². The Morgan fingerprint density at radius 3 is 2.17 bits per heavy atom. The molecule has 0 unspecified atom stereocenters. The molecular formula is C23H23ClN2O3S. The van der Waals surface area contributed by atoms with Crippen LogP contribution in [0.1, 0.15) is 27.9 Å². The summed E-state index contributed by atoms with van der Waals surface area (Å²) in [5.41, 5.74) is 3.02. The van der Waals surface area contributed by atoms with Crippen LogP contribution in [-0.4, -0.2) is 20.9 Å². The highest BCUT2D eigenvalue weighted by Gasteiger charge is 2.14. The third-order valence-corrected chi connectivity index (χ3v) is 6.22. The van der Waals surface area contributed by atoms with Crippen LogP contribution in [0.15, 0.2) is 77.7 Å².